The van der Waals surface area contributed by atoms with Crippen molar-refractivity contribution in [2.75, 3.05) is 0 Å². The summed E-state index contributed by atoms with van der Waals surface area (Å²) in [4.78, 5) is 3.67. The zero-order valence-electron chi connectivity index (χ0n) is 17.4. The van der Waals surface area contributed by atoms with Gasteiger partial charge in [-0.2, -0.15) is 0 Å². The van der Waals surface area contributed by atoms with Crippen LogP contribution < -0.4 is 16.0 Å². The highest BCUT2D eigenvalue weighted by atomic mass is 15.2. The molecule has 0 amide bonds. The predicted molar refractivity (Wildman–Crippen MR) is 114 cm³/mol. The molecule has 5 heteroatoms. The number of rotatable bonds is 4. The van der Waals surface area contributed by atoms with E-state index in [1.165, 1.54) is 62.8 Å². The van der Waals surface area contributed by atoms with E-state index in [4.69, 9.17) is 5.73 Å². The van der Waals surface area contributed by atoms with Gasteiger partial charge in [0.25, 0.3) is 0 Å². The van der Waals surface area contributed by atoms with Crippen molar-refractivity contribution in [2.45, 2.75) is 89.4 Å². The lowest BCUT2D eigenvalue weighted by Crippen LogP contribution is -2.86. The van der Waals surface area contributed by atoms with Gasteiger partial charge in [-0.25, -0.2) is 0 Å². The van der Waals surface area contributed by atoms with Crippen LogP contribution in [0, 0.1) is 13.8 Å². The molecule has 0 saturated heterocycles. The maximum absolute atomic E-state index is 6.52. The fraction of sp³-hybridized carbons (Fsp3) is 0.609. The molecule has 152 valence electrons. The molecule has 4 rings (SSSR count). The van der Waals surface area contributed by atoms with Crippen molar-refractivity contribution < 1.29 is 4.99 Å². The smallest absolute Gasteiger partial charge is 0.341 e. The van der Waals surface area contributed by atoms with Crippen LogP contribution in [0.3, 0.4) is 0 Å². The minimum Gasteiger partial charge on any atom is -0.345 e. The third kappa shape index (κ3) is 3.98. The summed E-state index contributed by atoms with van der Waals surface area (Å²) in [6, 6.07) is 10.4. The Morgan fingerprint density at radius 3 is 2.11 bits per heavy atom. The van der Waals surface area contributed by atoms with E-state index in [1.807, 2.05) is 0 Å². The first kappa shape index (κ1) is 19.2. The zero-order chi connectivity index (χ0) is 19.5. The molecule has 2 aliphatic rings. The van der Waals surface area contributed by atoms with Crippen LogP contribution in [0.5, 0.6) is 0 Å². The van der Waals surface area contributed by atoms with E-state index in [-0.39, 0.29) is 0 Å². The molecule has 2 aromatic rings. The molecule has 2 aromatic heterocycles. The third-order valence-corrected chi connectivity index (χ3v) is 6.84. The summed E-state index contributed by atoms with van der Waals surface area (Å²) in [5, 5.41) is 3.67. The summed E-state index contributed by atoms with van der Waals surface area (Å²) in [6.07, 6.45) is 14.4. The van der Waals surface area contributed by atoms with E-state index >= 15 is 0 Å². The van der Waals surface area contributed by atoms with Crippen LogP contribution in [0.25, 0.3) is 0 Å². The van der Waals surface area contributed by atoms with Crippen molar-refractivity contribution >= 4 is 5.96 Å². The van der Waals surface area contributed by atoms with Gasteiger partial charge < -0.3 is 9.13 Å². The van der Waals surface area contributed by atoms with E-state index in [1.54, 1.807) is 0 Å². The number of hydrogen-bond acceptors (Lipinski definition) is 0. The summed E-state index contributed by atoms with van der Waals surface area (Å²) in [7, 11) is 0. The van der Waals surface area contributed by atoms with Gasteiger partial charge in [0.2, 0.25) is 0 Å². The number of hydrogen-bond donors (Lipinski definition) is 3. The molecule has 0 bridgehead atoms. The standard InChI is InChI=1S/C23H35N5/c1-17-9-7-15-27(17)21-13-5-3-11-19(21)25-23(24)26-20-12-4-6-14-22(20)28-16-8-10-18(28)2/h7-10,15-16,19-22H,3-6,11-14H2,1-2H3,(H3,24,25,26)/p+1/t19-,20-,21-,22-/m1/s1. The number of guanidine groups is 1. The summed E-state index contributed by atoms with van der Waals surface area (Å²) >= 11 is 0. The second-order valence-corrected chi connectivity index (χ2v) is 8.73. The maximum atomic E-state index is 6.52. The van der Waals surface area contributed by atoms with Gasteiger partial charge in [-0.3, -0.25) is 16.0 Å². The fourth-order valence-corrected chi connectivity index (χ4v) is 5.37. The minimum atomic E-state index is 0.391. The molecular formula is C23H36N5+. The number of nitrogens with one attached hydrogen (secondary N) is 2. The molecule has 2 saturated carbocycles. The van der Waals surface area contributed by atoms with Crippen LogP contribution in [-0.4, -0.2) is 27.2 Å². The average Bonchev–Trinajstić information content (AvgIpc) is 3.31. The van der Waals surface area contributed by atoms with Gasteiger partial charge in [-0.1, -0.05) is 12.8 Å². The molecule has 0 unspecified atom stereocenters. The molecule has 0 radical (unpaired) electrons. The predicted octanol–water partition coefficient (Wildman–Crippen LogP) is 2.56. The lowest BCUT2D eigenvalue weighted by molar-refractivity contribution is -0.518. The molecule has 0 aliphatic heterocycles. The highest BCUT2D eigenvalue weighted by molar-refractivity contribution is 5.72. The highest BCUT2D eigenvalue weighted by Gasteiger charge is 2.32. The number of nitrogens with two attached hydrogens (primary N) is 1. The molecular weight excluding hydrogens is 346 g/mol. The van der Waals surface area contributed by atoms with Crippen molar-refractivity contribution in [2.24, 2.45) is 5.73 Å². The van der Waals surface area contributed by atoms with Crippen LogP contribution >= 0.6 is 0 Å². The van der Waals surface area contributed by atoms with E-state index < -0.39 is 0 Å². The van der Waals surface area contributed by atoms with Crippen molar-refractivity contribution in [3.05, 3.63) is 48.0 Å². The van der Waals surface area contributed by atoms with Gasteiger partial charge in [0.05, 0.1) is 24.2 Å². The van der Waals surface area contributed by atoms with Crippen LogP contribution in [-0.2, 0) is 0 Å². The molecule has 4 N–H and O–H groups in total. The first-order valence-electron chi connectivity index (χ1n) is 11.1. The Morgan fingerprint density at radius 2 is 1.46 bits per heavy atom. The fourth-order valence-electron chi connectivity index (χ4n) is 5.37. The van der Waals surface area contributed by atoms with E-state index in [2.05, 4.69) is 70.0 Å². The third-order valence-electron chi connectivity index (χ3n) is 6.84. The number of aryl methyl sites for hydroxylation is 2. The SMILES string of the molecule is Cc1cccn1[C@@H]1CCCC[C@H]1NC(N)=[NH+][C@@H]1CCCC[C@H]1n1cccc1C. The van der Waals surface area contributed by atoms with E-state index in [0.29, 0.717) is 24.2 Å². The molecule has 0 spiro atoms. The van der Waals surface area contributed by atoms with Gasteiger partial charge in [0, 0.05) is 23.8 Å². The Labute approximate surface area is 169 Å². The zero-order valence-corrected chi connectivity index (χ0v) is 17.4. The van der Waals surface area contributed by atoms with Crippen molar-refractivity contribution in [3.63, 3.8) is 0 Å². The number of aromatic nitrogens is 2. The quantitative estimate of drug-likeness (QED) is 0.562. The molecule has 28 heavy (non-hydrogen) atoms. The lowest BCUT2D eigenvalue weighted by Gasteiger charge is -2.33. The highest BCUT2D eigenvalue weighted by Crippen LogP contribution is 2.30. The van der Waals surface area contributed by atoms with Crippen LogP contribution in [0.15, 0.2) is 36.7 Å². The summed E-state index contributed by atoms with van der Waals surface area (Å²) in [5.41, 5.74) is 9.19. The monoisotopic (exact) mass is 382 g/mol. The van der Waals surface area contributed by atoms with Gasteiger partial charge in [-0.15, -0.1) is 0 Å². The maximum Gasteiger partial charge on any atom is 0.341 e. The van der Waals surface area contributed by atoms with Gasteiger partial charge in [0.1, 0.15) is 0 Å². The minimum absolute atomic E-state index is 0.391. The first-order chi connectivity index (χ1) is 13.6. The van der Waals surface area contributed by atoms with Crippen molar-refractivity contribution in [3.8, 4) is 0 Å². The van der Waals surface area contributed by atoms with E-state index in [0.717, 1.165) is 5.96 Å². The molecule has 2 heterocycles. The Balaban J connectivity index is 1.49. The Bertz CT molecular complexity index is 802. The van der Waals surface area contributed by atoms with Gasteiger partial charge in [-0.05, 0) is 76.6 Å². The Kier molecular flexibility index (Phi) is 5.79. The summed E-state index contributed by atoms with van der Waals surface area (Å²) in [6.45, 7) is 4.39. The first-order valence-corrected chi connectivity index (χ1v) is 11.1. The normalized spacial score (nSPS) is 29.0. The largest absolute Gasteiger partial charge is 0.345 e. The van der Waals surface area contributed by atoms with Crippen LogP contribution in [0.4, 0.5) is 0 Å². The lowest BCUT2D eigenvalue weighted by atomic mass is 9.89. The summed E-state index contributed by atoms with van der Waals surface area (Å²) < 4.78 is 4.85. The van der Waals surface area contributed by atoms with Crippen molar-refractivity contribution in [1.29, 1.82) is 0 Å². The van der Waals surface area contributed by atoms with Crippen LogP contribution in [0.2, 0.25) is 0 Å². The van der Waals surface area contributed by atoms with Gasteiger partial charge >= 0.3 is 5.96 Å². The topological polar surface area (TPSA) is 61.9 Å². The Morgan fingerprint density at radius 1 is 0.893 bits per heavy atom. The molecule has 4 atom stereocenters. The Hall–Kier alpha value is -2.17. The second-order valence-electron chi connectivity index (χ2n) is 8.73. The molecule has 2 aliphatic carbocycles. The molecule has 2 fully saturated rings. The van der Waals surface area contributed by atoms with Gasteiger partial charge in [0.15, 0.2) is 0 Å². The molecule has 0 aromatic carbocycles. The molecule has 5 nitrogen and oxygen atoms in total. The summed E-state index contributed by atoms with van der Waals surface area (Å²) in [5.74, 6) is 0.753. The number of nitrogens with zero attached hydrogens (tertiary/aromatic N) is 2. The average molecular weight is 383 g/mol. The second kappa shape index (κ2) is 8.46. The van der Waals surface area contributed by atoms with Crippen LogP contribution in [0.1, 0.15) is 74.8 Å². The van der Waals surface area contributed by atoms with Crippen molar-refractivity contribution in [1.82, 2.24) is 14.5 Å². The van der Waals surface area contributed by atoms with E-state index in [9.17, 15) is 0 Å².